The van der Waals surface area contributed by atoms with Crippen LogP contribution in [-0.4, -0.2) is 10.5 Å². The molecule has 3 aromatic rings. The molecule has 21 heavy (non-hydrogen) atoms. The SMILES string of the molecule is O=C(Cn1ccc2ccc(F)cc21)Nc1ccccc1Cl. The Hall–Kier alpha value is -2.33. The first-order valence-electron chi connectivity index (χ1n) is 6.42. The number of benzene rings is 2. The molecule has 1 aromatic heterocycles. The average molecular weight is 303 g/mol. The summed E-state index contributed by atoms with van der Waals surface area (Å²) in [5.41, 5.74) is 1.25. The molecule has 0 radical (unpaired) electrons. The molecule has 0 aliphatic rings. The number of hydrogen-bond donors (Lipinski definition) is 1. The lowest BCUT2D eigenvalue weighted by atomic mass is 10.2. The van der Waals surface area contributed by atoms with Crippen LogP contribution in [0.5, 0.6) is 0 Å². The van der Waals surface area contributed by atoms with Crippen LogP contribution in [0.25, 0.3) is 10.9 Å². The third-order valence-corrected chi connectivity index (χ3v) is 3.53. The second kappa shape index (κ2) is 5.58. The normalized spacial score (nSPS) is 10.8. The van der Waals surface area contributed by atoms with E-state index in [0.29, 0.717) is 16.2 Å². The molecule has 0 unspecified atom stereocenters. The molecule has 3 nitrogen and oxygen atoms in total. The number of para-hydroxylation sites is 1. The van der Waals surface area contributed by atoms with Crippen LogP contribution in [0.2, 0.25) is 5.02 Å². The first kappa shape index (κ1) is 13.6. The van der Waals surface area contributed by atoms with Crippen molar-refractivity contribution in [3.05, 3.63) is 65.6 Å². The number of carbonyl (C=O) groups excluding carboxylic acids is 1. The van der Waals surface area contributed by atoms with Crippen LogP contribution in [0.1, 0.15) is 0 Å². The second-order valence-corrected chi connectivity index (χ2v) is 5.08. The molecule has 3 rings (SSSR count). The van der Waals surface area contributed by atoms with Crippen molar-refractivity contribution in [3.8, 4) is 0 Å². The summed E-state index contributed by atoms with van der Waals surface area (Å²) in [7, 11) is 0. The Morgan fingerprint density at radius 3 is 2.81 bits per heavy atom. The van der Waals surface area contributed by atoms with Gasteiger partial charge in [0, 0.05) is 6.20 Å². The summed E-state index contributed by atoms with van der Waals surface area (Å²) in [6.07, 6.45) is 1.76. The van der Waals surface area contributed by atoms with E-state index in [9.17, 15) is 9.18 Å². The van der Waals surface area contributed by atoms with E-state index < -0.39 is 0 Å². The van der Waals surface area contributed by atoms with Gasteiger partial charge in [-0.2, -0.15) is 0 Å². The molecule has 0 fully saturated rings. The maximum Gasteiger partial charge on any atom is 0.244 e. The van der Waals surface area contributed by atoms with Gasteiger partial charge < -0.3 is 9.88 Å². The van der Waals surface area contributed by atoms with Crippen molar-refractivity contribution in [1.82, 2.24) is 4.57 Å². The summed E-state index contributed by atoms with van der Waals surface area (Å²) in [6.45, 7) is 0.0954. The standard InChI is InChI=1S/C16H12ClFN2O/c17-13-3-1-2-4-14(13)19-16(21)10-20-8-7-11-5-6-12(18)9-15(11)20/h1-9H,10H2,(H,19,21). The maximum atomic E-state index is 13.3. The zero-order chi connectivity index (χ0) is 14.8. The van der Waals surface area contributed by atoms with Gasteiger partial charge in [0.2, 0.25) is 5.91 Å². The summed E-state index contributed by atoms with van der Waals surface area (Å²) in [4.78, 5) is 12.1. The largest absolute Gasteiger partial charge is 0.338 e. The van der Waals surface area contributed by atoms with Gasteiger partial charge >= 0.3 is 0 Å². The minimum atomic E-state index is -0.325. The number of nitrogens with zero attached hydrogens (tertiary/aromatic N) is 1. The summed E-state index contributed by atoms with van der Waals surface area (Å²) >= 11 is 5.99. The Balaban J connectivity index is 1.80. The first-order chi connectivity index (χ1) is 10.1. The Morgan fingerprint density at radius 1 is 1.19 bits per heavy atom. The van der Waals surface area contributed by atoms with Crippen LogP contribution in [0.15, 0.2) is 54.7 Å². The lowest BCUT2D eigenvalue weighted by Crippen LogP contribution is -2.18. The molecule has 2 aromatic carbocycles. The Kier molecular flexibility index (Phi) is 3.62. The summed E-state index contributed by atoms with van der Waals surface area (Å²) in [6, 6.07) is 13.4. The van der Waals surface area contributed by atoms with Gasteiger partial charge in [0.05, 0.1) is 16.2 Å². The van der Waals surface area contributed by atoms with Gasteiger partial charge in [-0.25, -0.2) is 4.39 Å². The molecule has 1 N–H and O–H groups in total. The predicted molar refractivity (Wildman–Crippen MR) is 82.0 cm³/mol. The van der Waals surface area contributed by atoms with Crippen molar-refractivity contribution in [2.45, 2.75) is 6.54 Å². The van der Waals surface area contributed by atoms with Crippen molar-refractivity contribution in [2.75, 3.05) is 5.32 Å². The van der Waals surface area contributed by atoms with Gasteiger partial charge in [0.25, 0.3) is 0 Å². The van der Waals surface area contributed by atoms with Gasteiger partial charge in [-0.3, -0.25) is 4.79 Å². The quantitative estimate of drug-likeness (QED) is 0.777. The van der Waals surface area contributed by atoms with Gasteiger partial charge in [-0.15, -0.1) is 0 Å². The Morgan fingerprint density at radius 2 is 2.00 bits per heavy atom. The van der Waals surface area contributed by atoms with Crippen LogP contribution in [-0.2, 0) is 11.3 Å². The maximum absolute atomic E-state index is 13.3. The average Bonchev–Trinajstić information content (AvgIpc) is 2.84. The zero-order valence-electron chi connectivity index (χ0n) is 11.0. The molecule has 0 bridgehead atoms. The molecule has 5 heteroatoms. The van der Waals surface area contributed by atoms with E-state index >= 15 is 0 Å². The van der Waals surface area contributed by atoms with Crippen molar-refractivity contribution in [2.24, 2.45) is 0 Å². The number of rotatable bonds is 3. The van der Waals surface area contributed by atoms with E-state index in [4.69, 9.17) is 11.6 Å². The van der Waals surface area contributed by atoms with Gasteiger partial charge in [0.15, 0.2) is 0 Å². The van der Waals surface area contributed by atoms with E-state index in [1.54, 1.807) is 41.1 Å². The van der Waals surface area contributed by atoms with Gasteiger partial charge in [-0.1, -0.05) is 23.7 Å². The Labute approximate surface area is 125 Å². The fourth-order valence-corrected chi connectivity index (χ4v) is 2.38. The number of carbonyl (C=O) groups is 1. The van der Waals surface area contributed by atoms with E-state index in [-0.39, 0.29) is 18.3 Å². The molecule has 0 atom stereocenters. The molecule has 106 valence electrons. The summed E-state index contributed by atoms with van der Waals surface area (Å²) < 4.78 is 15.0. The monoisotopic (exact) mass is 302 g/mol. The lowest BCUT2D eigenvalue weighted by Gasteiger charge is -2.08. The van der Waals surface area contributed by atoms with Crippen LogP contribution >= 0.6 is 11.6 Å². The van der Waals surface area contributed by atoms with E-state index in [0.717, 1.165) is 5.39 Å². The van der Waals surface area contributed by atoms with Crippen molar-refractivity contribution in [1.29, 1.82) is 0 Å². The number of amides is 1. The highest BCUT2D eigenvalue weighted by atomic mass is 35.5. The fourth-order valence-electron chi connectivity index (χ4n) is 2.20. The number of hydrogen-bond acceptors (Lipinski definition) is 1. The number of anilines is 1. The van der Waals surface area contributed by atoms with Gasteiger partial charge in [0.1, 0.15) is 12.4 Å². The summed E-state index contributed by atoms with van der Waals surface area (Å²) in [5, 5.41) is 4.11. The van der Waals surface area contributed by atoms with Crippen LogP contribution in [0.3, 0.4) is 0 Å². The first-order valence-corrected chi connectivity index (χ1v) is 6.80. The zero-order valence-corrected chi connectivity index (χ0v) is 11.8. The topological polar surface area (TPSA) is 34.0 Å². The van der Waals surface area contributed by atoms with Crippen molar-refractivity contribution >= 4 is 34.1 Å². The van der Waals surface area contributed by atoms with E-state index in [1.165, 1.54) is 12.1 Å². The van der Waals surface area contributed by atoms with Crippen LogP contribution < -0.4 is 5.32 Å². The van der Waals surface area contributed by atoms with E-state index in [2.05, 4.69) is 5.32 Å². The highest BCUT2D eigenvalue weighted by Gasteiger charge is 2.09. The minimum Gasteiger partial charge on any atom is -0.338 e. The molecule has 0 saturated heterocycles. The molecule has 1 amide bonds. The smallest absolute Gasteiger partial charge is 0.244 e. The highest BCUT2D eigenvalue weighted by Crippen LogP contribution is 2.21. The predicted octanol–water partition coefficient (Wildman–Crippen LogP) is 4.07. The molecular weight excluding hydrogens is 291 g/mol. The van der Waals surface area contributed by atoms with Crippen molar-refractivity contribution < 1.29 is 9.18 Å². The van der Waals surface area contributed by atoms with Crippen LogP contribution in [0.4, 0.5) is 10.1 Å². The molecule has 0 aliphatic heterocycles. The van der Waals surface area contributed by atoms with Crippen molar-refractivity contribution in [3.63, 3.8) is 0 Å². The Bertz CT molecular complexity index is 813. The van der Waals surface area contributed by atoms with E-state index in [1.807, 2.05) is 6.07 Å². The summed E-state index contributed by atoms with van der Waals surface area (Å²) in [5.74, 6) is -0.543. The number of aromatic nitrogens is 1. The highest BCUT2D eigenvalue weighted by molar-refractivity contribution is 6.33. The molecule has 0 aliphatic carbocycles. The molecule has 0 saturated carbocycles. The molecule has 0 spiro atoms. The number of fused-ring (bicyclic) bond motifs is 1. The number of nitrogens with one attached hydrogen (secondary N) is 1. The second-order valence-electron chi connectivity index (χ2n) is 4.67. The minimum absolute atomic E-state index is 0.0954. The lowest BCUT2D eigenvalue weighted by molar-refractivity contribution is -0.116. The van der Waals surface area contributed by atoms with Gasteiger partial charge in [-0.05, 0) is 41.8 Å². The fraction of sp³-hybridized carbons (Fsp3) is 0.0625. The number of halogens is 2. The van der Waals surface area contributed by atoms with Crippen LogP contribution in [0, 0.1) is 5.82 Å². The molecule has 1 heterocycles. The third kappa shape index (κ3) is 2.90. The molecular formula is C16H12ClFN2O. The third-order valence-electron chi connectivity index (χ3n) is 3.20.